The van der Waals surface area contributed by atoms with E-state index in [1.54, 1.807) is 6.07 Å². The van der Waals surface area contributed by atoms with E-state index < -0.39 is 0 Å². The summed E-state index contributed by atoms with van der Waals surface area (Å²) >= 11 is 0. The fraction of sp³-hybridized carbons (Fsp3) is 0.235. The van der Waals surface area contributed by atoms with Gasteiger partial charge in [-0.2, -0.15) is 0 Å². The molecular weight excluding hydrogens is 267 g/mol. The van der Waals surface area contributed by atoms with Gasteiger partial charge in [0.15, 0.2) is 6.10 Å². The van der Waals surface area contributed by atoms with Crippen molar-refractivity contribution >= 4 is 11.0 Å². The van der Waals surface area contributed by atoms with E-state index in [0.29, 0.717) is 11.3 Å². The van der Waals surface area contributed by atoms with Crippen LogP contribution in [0.2, 0.25) is 0 Å². The maximum Gasteiger partial charge on any atom is 0.153 e. The van der Waals surface area contributed by atoms with Crippen LogP contribution in [0.1, 0.15) is 31.3 Å². The topological polar surface area (TPSA) is 37.9 Å². The number of hydrogen-bond donors (Lipinski definition) is 1. The average molecular weight is 284 g/mol. The SMILES string of the molecule is CCc1ccc(O[C@@H](C)c2nc3ccc(F)cc3[nH]2)cc1. The van der Waals surface area contributed by atoms with E-state index in [1.807, 2.05) is 19.1 Å². The van der Waals surface area contributed by atoms with E-state index in [0.717, 1.165) is 17.7 Å². The zero-order valence-corrected chi connectivity index (χ0v) is 12.1. The maximum atomic E-state index is 13.2. The Morgan fingerprint density at radius 2 is 1.95 bits per heavy atom. The number of benzene rings is 2. The highest BCUT2D eigenvalue weighted by molar-refractivity contribution is 5.75. The zero-order chi connectivity index (χ0) is 14.8. The number of nitrogens with zero attached hydrogens (tertiary/aromatic N) is 1. The molecule has 3 rings (SSSR count). The minimum absolute atomic E-state index is 0.229. The highest BCUT2D eigenvalue weighted by Crippen LogP contribution is 2.23. The Bertz CT molecular complexity index is 749. The highest BCUT2D eigenvalue weighted by Gasteiger charge is 2.12. The Morgan fingerprint density at radius 1 is 1.19 bits per heavy atom. The number of fused-ring (bicyclic) bond motifs is 1. The number of aryl methyl sites for hydroxylation is 1. The minimum Gasteiger partial charge on any atom is -0.483 e. The molecule has 0 radical (unpaired) electrons. The van der Waals surface area contributed by atoms with Crippen LogP contribution in [-0.2, 0) is 6.42 Å². The number of rotatable bonds is 4. The molecule has 21 heavy (non-hydrogen) atoms. The molecule has 0 spiro atoms. The van der Waals surface area contributed by atoms with Gasteiger partial charge in [-0.1, -0.05) is 19.1 Å². The van der Waals surface area contributed by atoms with Gasteiger partial charge in [0.25, 0.3) is 0 Å². The van der Waals surface area contributed by atoms with Gasteiger partial charge in [-0.15, -0.1) is 0 Å². The minimum atomic E-state index is -0.276. The lowest BCUT2D eigenvalue weighted by Gasteiger charge is -2.12. The molecule has 1 atom stereocenters. The maximum absolute atomic E-state index is 13.2. The zero-order valence-electron chi connectivity index (χ0n) is 12.1. The van der Waals surface area contributed by atoms with Crippen molar-refractivity contribution in [2.75, 3.05) is 0 Å². The van der Waals surface area contributed by atoms with E-state index in [4.69, 9.17) is 4.74 Å². The first-order valence-electron chi connectivity index (χ1n) is 7.06. The number of hydrogen-bond acceptors (Lipinski definition) is 2. The Labute approximate surface area is 122 Å². The van der Waals surface area contributed by atoms with Gasteiger partial charge in [-0.05, 0) is 49.2 Å². The summed E-state index contributed by atoms with van der Waals surface area (Å²) in [6.45, 7) is 4.04. The molecule has 2 aromatic carbocycles. The molecule has 0 saturated heterocycles. The Hall–Kier alpha value is -2.36. The van der Waals surface area contributed by atoms with Crippen LogP contribution >= 0.6 is 0 Å². The summed E-state index contributed by atoms with van der Waals surface area (Å²) in [6, 6.07) is 12.5. The van der Waals surface area contributed by atoms with Crippen molar-refractivity contribution in [1.82, 2.24) is 9.97 Å². The molecule has 0 bridgehead atoms. The van der Waals surface area contributed by atoms with Gasteiger partial charge in [-0.25, -0.2) is 9.37 Å². The molecular formula is C17H17FN2O. The molecule has 0 aliphatic rings. The van der Waals surface area contributed by atoms with Crippen LogP contribution in [-0.4, -0.2) is 9.97 Å². The number of H-pyrrole nitrogens is 1. The lowest BCUT2D eigenvalue weighted by Crippen LogP contribution is -2.05. The van der Waals surface area contributed by atoms with E-state index in [-0.39, 0.29) is 11.9 Å². The predicted octanol–water partition coefficient (Wildman–Crippen LogP) is 4.40. The lowest BCUT2D eigenvalue weighted by molar-refractivity contribution is 0.218. The average Bonchev–Trinajstić information content (AvgIpc) is 2.91. The molecule has 0 unspecified atom stereocenters. The fourth-order valence-corrected chi connectivity index (χ4v) is 2.26. The summed E-state index contributed by atoms with van der Waals surface area (Å²) in [5, 5.41) is 0. The number of imidazole rings is 1. The molecule has 1 N–H and O–H groups in total. The van der Waals surface area contributed by atoms with Gasteiger partial charge in [0.1, 0.15) is 17.4 Å². The van der Waals surface area contributed by atoms with Crippen molar-refractivity contribution < 1.29 is 9.13 Å². The second kappa shape index (κ2) is 5.56. The normalized spacial score (nSPS) is 12.5. The second-order valence-electron chi connectivity index (χ2n) is 5.04. The molecule has 0 amide bonds. The summed E-state index contributed by atoms with van der Waals surface area (Å²) < 4.78 is 19.1. The van der Waals surface area contributed by atoms with Gasteiger partial charge in [0.2, 0.25) is 0 Å². The van der Waals surface area contributed by atoms with E-state index in [1.165, 1.54) is 17.7 Å². The monoisotopic (exact) mass is 284 g/mol. The molecule has 4 heteroatoms. The van der Waals surface area contributed by atoms with E-state index >= 15 is 0 Å². The van der Waals surface area contributed by atoms with Crippen molar-refractivity contribution in [2.24, 2.45) is 0 Å². The van der Waals surface area contributed by atoms with Gasteiger partial charge >= 0.3 is 0 Å². The number of ether oxygens (including phenoxy) is 1. The molecule has 3 nitrogen and oxygen atoms in total. The number of nitrogens with one attached hydrogen (secondary N) is 1. The van der Waals surface area contributed by atoms with Gasteiger partial charge in [-0.3, -0.25) is 0 Å². The number of aromatic nitrogens is 2. The summed E-state index contributed by atoms with van der Waals surface area (Å²) in [4.78, 5) is 7.54. The summed E-state index contributed by atoms with van der Waals surface area (Å²) in [5.41, 5.74) is 2.69. The van der Waals surface area contributed by atoms with Crippen molar-refractivity contribution in [3.63, 3.8) is 0 Å². The van der Waals surface area contributed by atoms with Crippen LogP contribution < -0.4 is 4.74 Å². The Kier molecular flexibility index (Phi) is 3.60. The smallest absolute Gasteiger partial charge is 0.153 e. The third kappa shape index (κ3) is 2.89. The van der Waals surface area contributed by atoms with Crippen LogP contribution in [0, 0.1) is 5.82 Å². The lowest BCUT2D eigenvalue weighted by atomic mass is 10.2. The van der Waals surface area contributed by atoms with Gasteiger partial charge in [0.05, 0.1) is 11.0 Å². The Balaban J connectivity index is 1.80. The predicted molar refractivity (Wildman–Crippen MR) is 80.9 cm³/mol. The van der Waals surface area contributed by atoms with Crippen molar-refractivity contribution in [2.45, 2.75) is 26.4 Å². The second-order valence-corrected chi connectivity index (χ2v) is 5.04. The van der Waals surface area contributed by atoms with E-state index in [9.17, 15) is 4.39 Å². The standard InChI is InChI=1S/C17H17FN2O/c1-3-12-4-7-14(8-5-12)21-11(2)17-19-15-9-6-13(18)10-16(15)20-17/h4-11H,3H2,1-2H3,(H,19,20)/t11-/m0/s1. The number of aromatic amines is 1. The van der Waals surface area contributed by atoms with Crippen LogP contribution in [0.4, 0.5) is 4.39 Å². The van der Waals surface area contributed by atoms with Crippen LogP contribution in [0.25, 0.3) is 11.0 Å². The van der Waals surface area contributed by atoms with E-state index in [2.05, 4.69) is 29.0 Å². The molecule has 0 fully saturated rings. The van der Waals surface area contributed by atoms with Crippen LogP contribution in [0.3, 0.4) is 0 Å². The summed E-state index contributed by atoms with van der Waals surface area (Å²) in [7, 11) is 0. The van der Waals surface area contributed by atoms with Gasteiger partial charge in [0, 0.05) is 0 Å². The number of halogens is 1. The third-order valence-electron chi connectivity index (χ3n) is 3.49. The van der Waals surface area contributed by atoms with Crippen molar-refractivity contribution in [3.05, 3.63) is 59.7 Å². The fourth-order valence-electron chi connectivity index (χ4n) is 2.26. The molecule has 0 aliphatic heterocycles. The summed E-state index contributed by atoms with van der Waals surface area (Å²) in [6.07, 6.45) is 0.776. The molecule has 3 aromatic rings. The van der Waals surface area contributed by atoms with Gasteiger partial charge < -0.3 is 9.72 Å². The van der Waals surface area contributed by atoms with Crippen LogP contribution in [0.5, 0.6) is 5.75 Å². The first kappa shape index (κ1) is 13.6. The van der Waals surface area contributed by atoms with Crippen molar-refractivity contribution in [3.8, 4) is 5.75 Å². The Morgan fingerprint density at radius 3 is 2.67 bits per heavy atom. The molecule has 0 saturated carbocycles. The van der Waals surface area contributed by atoms with Crippen molar-refractivity contribution in [1.29, 1.82) is 0 Å². The molecule has 1 aromatic heterocycles. The first-order chi connectivity index (χ1) is 10.2. The third-order valence-corrected chi connectivity index (χ3v) is 3.49. The van der Waals surface area contributed by atoms with Crippen LogP contribution in [0.15, 0.2) is 42.5 Å². The highest BCUT2D eigenvalue weighted by atomic mass is 19.1. The first-order valence-corrected chi connectivity index (χ1v) is 7.06. The molecule has 0 aliphatic carbocycles. The quantitative estimate of drug-likeness (QED) is 0.771. The molecule has 108 valence electrons. The molecule has 1 heterocycles. The largest absolute Gasteiger partial charge is 0.483 e. The summed E-state index contributed by atoms with van der Waals surface area (Å²) in [5.74, 6) is 1.21.